The van der Waals surface area contributed by atoms with E-state index in [0.717, 1.165) is 0 Å². The number of benzene rings is 1. The van der Waals surface area contributed by atoms with E-state index < -0.39 is 0 Å². The van der Waals surface area contributed by atoms with Gasteiger partial charge in [-0.2, -0.15) is 0 Å². The average Bonchev–Trinajstić information content (AvgIpc) is 2.19. The molecule has 2 rings (SSSR count). The Morgan fingerprint density at radius 3 is 2.53 bits per heavy atom. The molecular formula is C10H7Cl2NO2. The molecule has 0 aliphatic rings. The number of hydrogen-bond donors (Lipinski definition) is 2. The van der Waals surface area contributed by atoms with Gasteiger partial charge in [0.05, 0.1) is 21.1 Å². The molecule has 0 aliphatic carbocycles. The predicted molar refractivity (Wildman–Crippen MR) is 61.0 cm³/mol. The number of hydrogen-bond acceptors (Lipinski definition) is 2. The lowest BCUT2D eigenvalue weighted by Gasteiger charge is -2.05. The molecule has 1 heterocycles. The molecule has 2 N–H and O–H groups in total. The van der Waals surface area contributed by atoms with E-state index in [1.165, 1.54) is 19.1 Å². The Morgan fingerprint density at radius 1 is 1.27 bits per heavy atom. The SMILES string of the molecule is Cc1c(O)c2cc(Cl)c(Cl)cc2[nH]c1=O. The molecule has 0 saturated carbocycles. The largest absolute Gasteiger partial charge is 0.507 e. The summed E-state index contributed by atoms with van der Waals surface area (Å²) >= 11 is 11.6. The molecule has 78 valence electrons. The van der Waals surface area contributed by atoms with Gasteiger partial charge in [-0.05, 0) is 19.1 Å². The molecular weight excluding hydrogens is 237 g/mol. The Labute approximate surface area is 95.3 Å². The lowest BCUT2D eigenvalue weighted by Crippen LogP contribution is -2.09. The molecule has 0 unspecified atom stereocenters. The van der Waals surface area contributed by atoms with Crippen LogP contribution >= 0.6 is 23.2 Å². The minimum Gasteiger partial charge on any atom is -0.507 e. The fourth-order valence-corrected chi connectivity index (χ4v) is 1.70. The van der Waals surface area contributed by atoms with Gasteiger partial charge in [-0.3, -0.25) is 4.79 Å². The fourth-order valence-electron chi connectivity index (χ4n) is 1.37. The van der Waals surface area contributed by atoms with Gasteiger partial charge in [-0.25, -0.2) is 0 Å². The van der Waals surface area contributed by atoms with E-state index in [1.54, 1.807) is 0 Å². The summed E-state index contributed by atoms with van der Waals surface area (Å²) in [4.78, 5) is 14.0. The number of nitrogens with one attached hydrogen (secondary N) is 1. The van der Waals surface area contributed by atoms with E-state index in [-0.39, 0.29) is 16.9 Å². The Balaban J connectivity index is 3.00. The zero-order chi connectivity index (χ0) is 11.2. The van der Waals surface area contributed by atoms with Crippen LogP contribution in [0, 0.1) is 6.92 Å². The first kappa shape index (κ1) is 10.3. The maximum atomic E-state index is 11.4. The molecule has 1 aromatic carbocycles. The van der Waals surface area contributed by atoms with E-state index in [1.807, 2.05) is 0 Å². The molecule has 1 aromatic heterocycles. The van der Waals surface area contributed by atoms with Crippen molar-refractivity contribution in [2.45, 2.75) is 6.92 Å². The maximum Gasteiger partial charge on any atom is 0.255 e. The summed E-state index contributed by atoms with van der Waals surface area (Å²) < 4.78 is 0. The van der Waals surface area contributed by atoms with E-state index in [9.17, 15) is 9.90 Å². The van der Waals surface area contributed by atoms with Crippen molar-refractivity contribution in [2.24, 2.45) is 0 Å². The number of aromatic hydroxyl groups is 1. The van der Waals surface area contributed by atoms with Crippen LogP contribution in [0.4, 0.5) is 0 Å². The highest BCUT2D eigenvalue weighted by molar-refractivity contribution is 6.42. The molecule has 0 radical (unpaired) electrons. The second-order valence-electron chi connectivity index (χ2n) is 3.24. The minimum absolute atomic E-state index is 0.0627. The summed E-state index contributed by atoms with van der Waals surface area (Å²) in [5, 5.41) is 10.9. The smallest absolute Gasteiger partial charge is 0.255 e. The normalized spacial score (nSPS) is 10.9. The van der Waals surface area contributed by atoms with Crippen molar-refractivity contribution in [1.82, 2.24) is 4.98 Å². The molecule has 0 atom stereocenters. The highest BCUT2D eigenvalue weighted by Crippen LogP contribution is 2.31. The number of fused-ring (bicyclic) bond motifs is 1. The summed E-state index contributed by atoms with van der Waals surface area (Å²) in [7, 11) is 0. The summed E-state index contributed by atoms with van der Waals surface area (Å²) in [5.74, 6) is -0.0627. The molecule has 0 fully saturated rings. The molecule has 5 heteroatoms. The van der Waals surface area contributed by atoms with E-state index in [2.05, 4.69) is 4.98 Å². The highest BCUT2D eigenvalue weighted by Gasteiger charge is 2.09. The summed E-state index contributed by atoms with van der Waals surface area (Å²) in [6.07, 6.45) is 0. The van der Waals surface area contributed by atoms with Crippen LogP contribution in [0.2, 0.25) is 10.0 Å². The van der Waals surface area contributed by atoms with Crippen LogP contribution in [0.3, 0.4) is 0 Å². The van der Waals surface area contributed by atoms with E-state index in [4.69, 9.17) is 23.2 Å². The van der Waals surface area contributed by atoms with Gasteiger partial charge in [0, 0.05) is 5.39 Å². The van der Waals surface area contributed by atoms with Crippen molar-refractivity contribution >= 4 is 34.1 Å². The van der Waals surface area contributed by atoms with Crippen LogP contribution in [-0.4, -0.2) is 10.1 Å². The Kier molecular flexibility index (Phi) is 2.37. The third-order valence-electron chi connectivity index (χ3n) is 2.26. The van der Waals surface area contributed by atoms with Crippen molar-refractivity contribution in [3.8, 4) is 5.75 Å². The number of aromatic amines is 1. The Bertz CT molecular complexity index is 604. The molecule has 3 nitrogen and oxygen atoms in total. The molecule has 0 bridgehead atoms. The van der Waals surface area contributed by atoms with E-state index >= 15 is 0 Å². The van der Waals surface area contributed by atoms with Crippen molar-refractivity contribution in [2.75, 3.05) is 0 Å². The van der Waals surface area contributed by atoms with Gasteiger partial charge in [0.1, 0.15) is 5.75 Å². The monoisotopic (exact) mass is 243 g/mol. The van der Waals surface area contributed by atoms with Crippen LogP contribution in [0.5, 0.6) is 5.75 Å². The van der Waals surface area contributed by atoms with Gasteiger partial charge >= 0.3 is 0 Å². The van der Waals surface area contributed by atoms with Crippen molar-refractivity contribution in [1.29, 1.82) is 0 Å². The molecule has 0 saturated heterocycles. The maximum absolute atomic E-state index is 11.4. The standard InChI is InChI=1S/C10H7Cl2NO2/c1-4-9(14)5-2-6(11)7(12)3-8(5)13-10(4)15/h2-3H,1H3,(H2,13,14,15). The lowest BCUT2D eigenvalue weighted by atomic mass is 10.1. The zero-order valence-corrected chi connectivity index (χ0v) is 9.28. The fraction of sp³-hybridized carbons (Fsp3) is 0.100. The quantitative estimate of drug-likeness (QED) is 0.748. The third kappa shape index (κ3) is 1.58. The topological polar surface area (TPSA) is 53.1 Å². The first-order chi connectivity index (χ1) is 7.00. The van der Waals surface area contributed by atoms with Gasteiger partial charge in [-0.1, -0.05) is 23.2 Å². The number of rotatable bonds is 0. The van der Waals surface area contributed by atoms with Crippen molar-refractivity contribution in [3.63, 3.8) is 0 Å². The summed E-state index contributed by atoms with van der Waals surface area (Å²) in [5.41, 5.74) is 0.400. The van der Waals surface area contributed by atoms with Crippen LogP contribution in [0.15, 0.2) is 16.9 Å². The van der Waals surface area contributed by atoms with Gasteiger partial charge in [0.2, 0.25) is 0 Å². The molecule has 15 heavy (non-hydrogen) atoms. The molecule has 2 aromatic rings. The minimum atomic E-state index is -0.335. The zero-order valence-electron chi connectivity index (χ0n) is 7.77. The third-order valence-corrected chi connectivity index (χ3v) is 2.98. The van der Waals surface area contributed by atoms with Gasteiger partial charge in [0.15, 0.2) is 0 Å². The Hall–Kier alpha value is -1.19. The van der Waals surface area contributed by atoms with Gasteiger partial charge in [-0.15, -0.1) is 0 Å². The van der Waals surface area contributed by atoms with Crippen LogP contribution in [-0.2, 0) is 0 Å². The van der Waals surface area contributed by atoms with Crippen molar-refractivity contribution < 1.29 is 5.11 Å². The first-order valence-corrected chi connectivity index (χ1v) is 4.97. The van der Waals surface area contributed by atoms with Crippen molar-refractivity contribution in [3.05, 3.63) is 38.1 Å². The number of aromatic nitrogens is 1. The first-order valence-electron chi connectivity index (χ1n) is 4.21. The second-order valence-corrected chi connectivity index (χ2v) is 4.05. The molecule has 0 spiro atoms. The van der Waals surface area contributed by atoms with Crippen LogP contribution in [0.25, 0.3) is 10.9 Å². The lowest BCUT2D eigenvalue weighted by molar-refractivity contribution is 0.476. The number of pyridine rings is 1. The van der Waals surface area contributed by atoms with Crippen LogP contribution in [0.1, 0.15) is 5.56 Å². The summed E-state index contributed by atoms with van der Waals surface area (Å²) in [6, 6.07) is 3.04. The predicted octanol–water partition coefficient (Wildman–Crippen LogP) is 2.85. The van der Waals surface area contributed by atoms with E-state index in [0.29, 0.717) is 20.9 Å². The van der Waals surface area contributed by atoms with Gasteiger partial charge in [0.25, 0.3) is 5.56 Å². The molecule has 0 aliphatic heterocycles. The molecule has 0 amide bonds. The highest BCUT2D eigenvalue weighted by atomic mass is 35.5. The Morgan fingerprint density at radius 2 is 1.87 bits per heavy atom. The number of halogens is 2. The summed E-state index contributed by atoms with van der Waals surface area (Å²) in [6.45, 7) is 1.54. The second kappa shape index (κ2) is 3.43. The average molecular weight is 244 g/mol. The van der Waals surface area contributed by atoms with Gasteiger partial charge < -0.3 is 10.1 Å². The number of H-pyrrole nitrogens is 1. The van der Waals surface area contributed by atoms with Crippen LogP contribution < -0.4 is 5.56 Å².